The van der Waals surface area contributed by atoms with Crippen LogP contribution >= 0.6 is 0 Å². The molecule has 0 aliphatic rings. The largest absolute Gasteiger partial charge is 0.497 e. The Hall–Kier alpha value is -3.14. The Labute approximate surface area is 157 Å². The van der Waals surface area contributed by atoms with E-state index in [4.69, 9.17) is 9.47 Å². The molecular weight excluding hydrogens is 382 g/mol. The third kappa shape index (κ3) is 3.77. The van der Waals surface area contributed by atoms with Crippen molar-refractivity contribution in [2.45, 2.75) is 18.3 Å². The highest BCUT2D eigenvalue weighted by Gasteiger charge is 2.58. The molecule has 0 saturated carbocycles. The lowest BCUT2D eigenvalue weighted by Crippen LogP contribution is -2.52. The molecule has 6 nitrogen and oxygen atoms in total. The van der Waals surface area contributed by atoms with Crippen molar-refractivity contribution in [1.29, 1.82) is 0 Å². The summed E-state index contributed by atoms with van der Waals surface area (Å²) in [4.78, 5) is 3.61. The molecule has 0 aliphatic carbocycles. The van der Waals surface area contributed by atoms with Gasteiger partial charge in [0.15, 0.2) is 0 Å². The van der Waals surface area contributed by atoms with Crippen LogP contribution in [0.25, 0.3) is 0 Å². The lowest BCUT2D eigenvalue weighted by molar-refractivity contribution is -0.301. The number of halogens is 4. The number of methoxy groups -OCH3 is 1. The zero-order chi connectivity index (χ0) is 20.4. The molecule has 1 heterocycles. The predicted molar refractivity (Wildman–Crippen MR) is 88.8 cm³/mol. The average Bonchev–Trinajstić information content (AvgIpc) is 3.14. The molecule has 0 amide bonds. The summed E-state index contributed by atoms with van der Waals surface area (Å²) in [5, 5.41) is 14.5. The van der Waals surface area contributed by atoms with E-state index in [2.05, 4.69) is 10.1 Å². The van der Waals surface area contributed by atoms with Gasteiger partial charge in [-0.1, -0.05) is 6.07 Å². The maximum atomic E-state index is 15.1. The molecule has 148 valence electrons. The molecule has 2 aromatic carbocycles. The molecule has 1 atom stereocenters. The van der Waals surface area contributed by atoms with E-state index in [-0.39, 0.29) is 11.5 Å². The Kier molecular flexibility index (Phi) is 5.23. The van der Waals surface area contributed by atoms with Gasteiger partial charge in [-0.25, -0.2) is 18.4 Å². The summed E-state index contributed by atoms with van der Waals surface area (Å²) in [6.07, 6.45) is -2.22. The van der Waals surface area contributed by atoms with E-state index in [0.29, 0.717) is 6.07 Å². The van der Waals surface area contributed by atoms with Crippen molar-refractivity contribution in [3.63, 3.8) is 0 Å². The summed E-state index contributed by atoms with van der Waals surface area (Å²) < 4.78 is 68.3. The first-order valence-corrected chi connectivity index (χ1v) is 7.96. The third-order valence-electron chi connectivity index (χ3n) is 4.00. The number of hydrogen-bond donors (Lipinski definition) is 1. The summed E-state index contributed by atoms with van der Waals surface area (Å²) in [5.74, 6) is -2.44. The van der Waals surface area contributed by atoms with Crippen LogP contribution in [-0.2, 0) is 12.1 Å². The molecule has 1 unspecified atom stereocenters. The Balaban J connectivity index is 2.05. The van der Waals surface area contributed by atoms with Gasteiger partial charge in [0.2, 0.25) is 5.60 Å². The van der Waals surface area contributed by atoms with Crippen molar-refractivity contribution in [3.05, 3.63) is 72.3 Å². The number of ether oxygens (including phenoxy) is 2. The first kappa shape index (κ1) is 19.6. The quantitative estimate of drug-likeness (QED) is 0.621. The minimum atomic E-state index is -4.34. The predicted octanol–water partition coefficient (Wildman–Crippen LogP) is 3.12. The monoisotopic (exact) mass is 397 g/mol. The molecule has 28 heavy (non-hydrogen) atoms. The lowest BCUT2D eigenvalue weighted by Gasteiger charge is -2.35. The van der Waals surface area contributed by atoms with Crippen molar-refractivity contribution < 1.29 is 32.1 Å². The fourth-order valence-electron chi connectivity index (χ4n) is 2.60. The topological polar surface area (TPSA) is 69.4 Å². The van der Waals surface area contributed by atoms with Gasteiger partial charge in [-0.2, -0.15) is 13.9 Å². The Bertz CT molecular complexity index is 953. The molecular formula is C18H15F4N3O3. The summed E-state index contributed by atoms with van der Waals surface area (Å²) in [6.45, 7) is -0.910. The number of benzene rings is 2. The van der Waals surface area contributed by atoms with E-state index in [0.717, 1.165) is 29.5 Å². The molecule has 10 heteroatoms. The van der Waals surface area contributed by atoms with Gasteiger partial charge < -0.3 is 14.6 Å². The minimum absolute atomic E-state index is 0.237. The molecule has 0 fully saturated rings. The zero-order valence-corrected chi connectivity index (χ0v) is 14.5. The van der Waals surface area contributed by atoms with Gasteiger partial charge >= 0.3 is 6.11 Å². The maximum absolute atomic E-state index is 15.1. The fraction of sp³-hybridized carbons (Fsp3) is 0.222. The zero-order valence-electron chi connectivity index (χ0n) is 14.5. The molecule has 0 bridgehead atoms. The Morgan fingerprint density at radius 1 is 1.11 bits per heavy atom. The number of hydrogen-bond acceptors (Lipinski definition) is 5. The van der Waals surface area contributed by atoms with E-state index < -0.39 is 35.5 Å². The van der Waals surface area contributed by atoms with E-state index in [1.54, 1.807) is 0 Å². The molecule has 3 aromatic rings. The van der Waals surface area contributed by atoms with Crippen molar-refractivity contribution in [3.8, 4) is 11.5 Å². The first-order valence-electron chi connectivity index (χ1n) is 7.96. The van der Waals surface area contributed by atoms with Crippen LogP contribution in [0.1, 0.15) is 5.56 Å². The van der Waals surface area contributed by atoms with Gasteiger partial charge in [-0.05, 0) is 24.3 Å². The molecule has 3 rings (SSSR count). The first-order chi connectivity index (χ1) is 13.2. The van der Waals surface area contributed by atoms with Gasteiger partial charge in [-0.15, -0.1) is 0 Å². The highest BCUT2D eigenvalue weighted by atomic mass is 19.3. The second-order valence-corrected chi connectivity index (χ2v) is 5.88. The Morgan fingerprint density at radius 2 is 1.86 bits per heavy atom. The Morgan fingerprint density at radius 3 is 2.50 bits per heavy atom. The van der Waals surface area contributed by atoms with Gasteiger partial charge in [0, 0.05) is 17.7 Å². The van der Waals surface area contributed by atoms with Gasteiger partial charge in [0.25, 0.3) is 0 Å². The molecule has 0 aliphatic heterocycles. The van der Waals surface area contributed by atoms with Crippen molar-refractivity contribution >= 4 is 0 Å². The van der Waals surface area contributed by atoms with Crippen LogP contribution in [0, 0.1) is 11.6 Å². The summed E-state index contributed by atoms with van der Waals surface area (Å²) in [5.41, 5.74) is -4.10. The van der Waals surface area contributed by atoms with Crippen molar-refractivity contribution in [2.75, 3.05) is 7.11 Å². The highest BCUT2D eigenvalue weighted by molar-refractivity contribution is 5.34. The smallest absolute Gasteiger partial charge is 0.433 e. The van der Waals surface area contributed by atoms with Gasteiger partial charge in [0.1, 0.15) is 35.8 Å². The van der Waals surface area contributed by atoms with Crippen LogP contribution in [0.3, 0.4) is 0 Å². The summed E-state index contributed by atoms with van der Waals surface area (Å²) >= 11 is 0. The summed E-state index contributed by atoms with van der Waals surface area (Å²) in [6, 6.07) is 7.17. The number of alkyl halides is 2. The number of nitrogens with zero attached hydrogens (tertiary/aromatic N) is 3. The normalized spacial score (nSPS) is 13.8. The fourth-order valence-corrected chi connectivity index (χ4v) is 2.60. The second kappa shape index (κ2) is 7.47. The SMILES string of the molecule is COc1cccc(OC(F)(F)C(O)(Cn2cncn2)c2ccc(F)cc2F)c1. The number of rotatable bonds is 7. The minimum Gasteiger partial charge on any atom is -0.497 e. The van der Waals surface area contributed by atoms with Crippen LogP contribution in [0.15, 0.2) is 55.1 Å². The van der Waals surface area contributed by atoms with Crippen molar-refractivity contribution in [2.24, 2.45) is 0 Å². The van der Waals surface area contributed by atoms with Crippen LogP contribution in [-0.4, -0.2) is 33.1 Å². The number of aromatic nitrogens is 3. The third-order valence-corrected chi connectivity index (χ3v) is 4.00. The molecule has 1 aromatic heterocycles. The van der Waals surface area contributed by atoms with Crippen molar-refractivity contribution in [1.82, 2.24) is 14.8 Å². The van der Waals surface area contributed by atoms with E-state index >= 15 is 8.78 Å². The molecule has 0 spiro atoms. The average molecular weight is 397 g/mol. The number of aliphatic hydroxyl groups is 1. The maximum Gasteiger partial charge on any atom is 0.433 e. The van der Waals surface area contributed by atoms with Crippen LogP contribution in [0.5, 0.6) is 11.5 Å². The van der Waals surface area contributed by atoms with Crippen LogP contribution < -0.4 is 9.47 Å². The van der Waals surface area contributed by atoms with E-state index in [9.17, 15) is 13.9 Å². The molecule has 0 saturated heterocycles. The van der Waals surface area contributed by atoms with E-state index in [1.165, 1.54) is 31.4 Å². The lowest BCUT2D eigenvalue weighted by atomic mass is 9.91. The van der Waals surface area contributed by atoms with Gasteiger partial charge in [-0.3, -0.25) is 0 Å². The second-order valence-electron chi connectivity index (χ2n) is 5.88. The summed E-state index contributed by atoms with van der Waals surface area (Å²) in [7, 11) is 1.34. The van der Waals surface area contributed by atoms with Crippen LogP contribution in [0.4, 0.5) is 17.6 Å². The van der Waals surface area contributed by atoms with E-state index in [1.807, 2.05) is 0 Å². The highest BCUT2D eigenvalue weighted by Crippen LogP contribution is 2.42. The van der Waals surface area contributed by atoms with Gasteiger partial charge in [0.05, 0.1) is 13.7 Å². The molecule has 0 radical (unpaired) electrons. The standard InChI is InChI=1S/C18H15F4N3O3/c1-27-13-3-2-4-14(8-13)28-18(21,22)17(26,9-25-11-23-10-24-25)15-6-5-12(19)7-16(15)20/h2-8,10-11,26H,9H2,1H3. The molecule has 1 N–H and O–H groups in total. The van der Waals surface area contributed by atoms with Crippen LogP contribution in [0.2, 0.25) is 0 Å².